The first kappa shape index (κ1) is 16.0. The molecule has 2 heterocycles. The van der Waals surface area contributed by atoms with Crippen LogP contribution in [0.25, 0.3) is 0 Å². The number of ketones is 1. The maximum Gasteiger partial charge on any atom is 0.410 e. The molecule has 0 aromatic carbocycles. The zero-order chi connectivity index (χ0) is 16.6. The first-order valence-electron chi connectivity index (χ1n) is 8.42. The third kappa shape index (κ3) is 3.41. The van der Waals surface area contributed by atoms with Gasteiger partial charge in [-0.2, -0.15) is 5.10 Å². The van der Waals surface area contributed by atoms with E-state index in [0.29, 0.717) is 19.5 Å². The number of piperidine rings is 1. The number of Topliss-reactive ketones (excluding diaryl/α,β-unsaturated/α-hetero) is 1. The molecule has 23 heavy (non-hydrogen) atoms. The molecule has 0 unspecified atom stereocenters. The molecule has 6 heteroatoms. The normalized spacial score (nSPS) is 19.6. The fourth-order valence-corrected chi connectivity index (χ4v) is 3.35. The monoisotopic (exact) mass is 319 g/mol. The number of likely N-dealkylation sites (tertiary alicyclic amines) is 1. The molecule has 0 N–H and O–H groups in total. The average molecular weight is 319 g/mol. The minimum absolute atomic E-state index is 0.212. The Labute approximate surface area is 136 Å². The SMILES string of the molecule is CC(C)(C)OC(=O)N1CCC(n2ncc3c2CCCC3=O)CC1. The number of fused-ring (bicyclic) bond motifs is 1. The van der Waals surface area contributed by atoms with Crippen LogP contribution in [-0.4, -0.2) is 45.2 Å². The summed E-state index contributed by atoms with van der Waals surface area (Å²) in [5.41, 5.74) is 1.41. The summed E-state index contributed by atoms with van der Waals surface area (Å²) >= 11 is 0. The quantitative estimate of drug-likeness (QED) is 0.798. The Bertz CT molecular complexity index is 607. The highest BCUT2D eigenvalue weighted by Gasteiger charge is 2.30. The summed E-state index contributed by atoms with van der Waals surface area (Å²) < 4.78 is 7.45. The summed E-state index contributed by atoms with van der Waals surface area (Å²) in [6.45, 7) is 6.98. The van der Waals surface area contributed by atoms with E-state index in [4.69, 9.17) is 4.74 Å². The van der Waals surface area contributed by atoms with E-state index in [1.807, 2.05) is 25.5 Å². The van der Waals surface area contributed by atoms with Crippen molar-refractivity contribution in [3.63, 3.8) is 0 Å². The van der Waals surface area contributed by atoms with Gasteiger partial charge in [0, 0.05) is 25.2 Å². The molecule has 2 aliphatic rings. The van der Waals surface area contributed by atoms with Gasteiger partial charge in [-0.05, 0) is 46.5 Å². The molecule has 0 bridgehead atoms. The number of hydrogen-bond acceptors (Lipinski definition) is 4. The Morgan fingerprint density at radius 1 is 1.26 bits per heavy atom. The number of ether oxygens (including phenoxy) is 1. The number of nitrogens with zero attached hydrogens (tertiary/aromatic N) is 3. The van der Waals surface area contributed by atoms with Crippen LogP contribution in [0.2, 0.25) is 0 Å². The van der Waals surface area contributed by atoms with Crippen LogP contribution in [0, 0.1) is 0 Å². The second kappa shape index (κ2) is 5.98. The third-order valence-electron chi connectivity index (χ3n) is 4.48. The fourth-order valence-electron chi connectivity index (χ4n) is 3.35. The number of hydrogen-bond donors (Lipinski definition) is 0. The van der Waals surface area contributed by atoms with Crippen molar-refractivity contribution in [1.29, 1.82) is 0 Å². The highest BCUT2D eigenvalue weighted by Crippen LogP contribution is 2.29. The Hall–Kier alpha value is -1.85. The van der Waals surface area contributed by atoms with Gasteiger partial charge >= 0.3 is 6.09 Å². The van der Waals surface area contributed by atoms with Gasteiger partial charge in [-0.25, -0.2) is 4.79 Å². The van der Waals surface area contributed by atoms with Crippen molar-refractivity contribution in [3.05, 3.63) is 17.5 Å². The minimum Gasteiger partial charge on any atom is -0.444 e. The Balaban J connectivity index is 1.64. The second-order valence-corrected chi connectivity index (χ2v) is 7.42. The number of amides is 1. The smallest absolute Gasteiger partial charge is 0.410 e. The van der Waals surface area contributed by atoms with E-state index in [-0.39, 0.29) is 17.9 Å². The summed E-state index contributed by atoms with van der Waals surface area (Å²) in [7, 11) is 0. The van der Waals surface area contributed by atoms with Crippen molar-refractivity contribution in [1.82, 2.24) is 14.7 Å². The first-order valence-corrected chi connectivity index (χ1v) is 8.42. The fraction of sp³-hybridized carbons (Fsp3) is 0.706. The molecule has 1 saturated heterocycles. The van der Waals surface area contributed by atoms with Gasteiger partial charge in [0.2, 0.25) is 0 Å². The van der Waals surface area contributed by atoms with Crippen LogP contribution < -0.4 is 0 Å². The molecular formula is C17H25N3O3. The van der Waals surface area contributed by atoms with Gasteiger partial charge in [-0.3, -0.25) is 9.48 Å². The predicted octanol–water partition coefficient (Wildman–Crippen LogP) is 2.97. The summed E-state index contributed by atoms with van der Waals surface area (Å²) in [5, 5.41) is 4.46. The molecule has 0 saturated carbocycles. The van der Waals surface area contributed by atoms with Crippen LogP contribution in [-0.2, 0) is 11.2 Å². The van der Waals surface area contributed by atoms with E-state index in [1.165, 1.54) is 0 Å². The summed E-state index contributed by atoms with van der Waals surface area (Å²) in [4.78, 5) is 25.8. The third-order valence-corrected chi connectivity index (χ3v) is 4.48. The van der Waals surface area contributed by atoms with E-state index < -0.39 is 5.60 Å². The van der Waals surface area contributed by atoms with Crippen molar-refractivity contribution in [3.8, 4) is 0 Å². The molecule has 1 aromatic rings. The predicted molar refractivity (Wildman–Crippen MR) is 85.6 cm³/mol. The van der Waals surface area contributed by atoms with E-state index in [2.05, 4.69) is 5.10 Å². The molecule has 126 valence electrons. The van der Waals surface area contributed by atoms with Crippen molar-refractivity contribution in [2.24, 2.45) is 0 Å². The van der Waals surface area contributed by atoms with Gasteiger partial charge in [-0.15, -0.1) is 0 Å². The zero-order valence-electron chi connectivity index (χ0n) is 14.2. The lowest BCUT2D eigenvalue weighted by molar-refractivity contribution is 0.0184. The van der Waals surface area contributed by atoms with Crippen LogP contribution in [0.1, 0.15) is 68.5 Å². The molecule has 1 aliphatic heterocycles. The van der Waals surface area contributed by atoms with Gasteiger partial charge in [0.05, 0.1) is 17.8 Å². The highest BCUT2D eigenvalue weighted by atomic mass is 16.6. The van der Waals surface area contributed by atoms with Crippen LogP contribution in [0.3, 0.4) is 0 Å². The lowest BCUT2D eigenvalue weighted by Gasteiger charge is -2.34. The van der Waals surface area contributed by atoms with Gasteiger partial charge < -0.3 is 9.64 Å². The van der Waals surface area contributed by atoms with Gasteiger partial charge in [0.1, 0.15) is 5.60 Å². The molecule has 6 nitrogen and oxygen atoms in total. The molecular weight excluding hydrogens is 294 g/mol. The van der Waals surface area contributed by atoms with Gasteiger partial charge in [0.25, 0.3) is 0 Å². The Morgan fingerprint density at radius 2 is 1.96 bits per heavy atom. The molecule has 1 amide bonds. The van der Waals surface area contributed by atoms with Gasteiger partial charge in [0.15, 0.2) is 5.78 Å². The molecule has 1 fully saturated rings. The molecule has 0 radical (unpaired) electrons. The second-order valence-electron chi connectivity index (χ2n) is 7.42. The summed E-state index contributed by atoms with van der Waals surface area (Å²) in [5.74, 6) is 0.212. The van der Waals surface area contributed by atoms with E-state index in [1.54, 1.807) is 11.1 Å². The molecule has 3 rings (SSSR count). The summed E-state index contributed by atoms with van der Waals surface area (Å²) in [6.07, 6.45) is 5.64. The Morgan fingerprint density at radius 3 is 2.61 bits per heavy atom. The number of carbonyl (C=O) groups is 2. The van der Waals surface area contributed by atoms with Crippen LogP contribution in [0.15, 0.2) is 6.20 Å². The minimum atomic E-state index is -0.463. The lowest BCUT2D eigenvalue weighted by Crippen LogP contribution is -2.42. The average Bonchev–Trinajstić information content (AvgIpc) is 2.91. The number of carbonyl (C=O) groups excluding carboxylic acids is 2. The summed E-state index contributed by atoms with van der Waals surface area (Å²) in [6, 6.07) is 0.267. The molecule has 1 aromatic heterocycles. The number of aromatic nitrogens is 2. The van der Waals surface area contributed by atoms with E-state index in [9.17, 15) is 9.59 Å². The Kier molecular flexibility index (Phi) is 4.17. The first-order chi connectivity index (χ1) is 10.8. The molecule has 0 atom stereocenters. The van der Waals surface area contributed by atoms with Crippen LogP contribution >= 0.6 is 0 Å². The van der Waals surface area contributed by atoms with E-state index >= 15 is 0 Å². The maximum absolute atomic E-state index is 12.1. The van der Waals surface area contributed by atoms with Crippen molar-refractivity contribution in [2.75, 3.05) is 13.1 Å². The van der Waals surface area contributed by atoms with Gasteiger partial charge in [-0.1, -0.05) is 0 Å². The van der Waals surface area contributed by atoms with Crippen molar-refractivity contribution >= 4 is 11.9 Å². The van der Waals surface area contributed by atoms with Crippen LogP contribution in [0.5, 0.6) is 0 Å². The zero-order valence-corrected chi connectivity index (χ0v) is 14.2. The van der Waals surface area contributed by atoms with Crippen LogP contribution in [0.4, 0.5) is 4.79 Å². The molecule has 1 aliphatic carbocycles. The largest absolute Gasteiger partial charge is 0.444 e. The van der Waals surface area contributed by atoms with Crippen molar-refractivity contribution < 1.29 is 14.3 Å². The lowest BCUT2D eigenvalue weighted by atomic mass is 9.96. The number of rotatable bonds is 1. The van der Waals surface area contributed by atoms with E-state index in [0.717, 1.165) is 36.9 Å². The maximum atomic E-state index is 12.1. The standard InChI is InChI=1S/C17H25N3O3/c1-17(2,3)23-16(22)19-9-7-12(8-10-19)20-14-5-4-6-15(21)13(14)11-18-20/h11-12H,4-10H2,1-3H3. The molecule has 0 spiro atoms. The van der Waals surface area contributed by atoms with Crippen molar-refractivity contribution in [2.45, 2.75) is 64.5 Å². The topological polar surface area (TPSA) is 64.4 Å². The highest BCUT2D eigenvalue weighted by molar-refractivity contribution is 5.97.